The van der Waals surface area contributed by atoms with Crippen molar-refractivity contribution in [3.8, 4) is 0 Å². The summed E-state index contributed by atoms with van der Waals surface area (Å²) < 4.78 is 6.49. The molecule has 2 heterocycles. The quantitative estimate of drug-likeness (QED) is 0.590. The molecule has 1 amide bonds. The molecule has 0 aromatic carbocycles. The van der Waals surface area contributed by atoms with Crippen molar-refractivity contribution in [3.05, 3.63) is 0 Å². The minimum Gasteiger partial charge on any atom is -0.412 e. The lowest BCUT2D eigenvalue weighted by Gasteiger charge is -2.40. The van der Waals surface area contributed by atoms with Crippen molar-refractivity contribution in [2.75, 3.05) is 0 Å². The zero-order chi connectivity index (χ0) is 15.3. The molecule has 2 fully saturated rings. The van der Waals surface area contributed by atoms with Crippen molar-refractivity contribution < 1.29 is 14.0 Å². The number of aldehydes is 1. The predicted molar refractivity (Wildman–Crippen MR) is 84.3 cm³/mol. The number of carbonyl (C=O) groups excluding carboxylic acids is 2. The van der Waals surface area contributed by atoms with Gasteiger partial charge >= 0.3 is 0 Å². The third kappa shape index (κ3) is 2.26. The van der Waals surface area contributed by atoms with Gasteiger partial charge in [-0.2, -0.15) is 0 Å². The van der Waals surface area contributed by atoms with Crippen LogP contribution in [0.2, 0.25) is 18.1 Å². The molecule has 0 spiro atoms. The molecule has 0 radical (unpaired) electrons. The highest BCUT2D eigenvalue weighted by molar-refractivity contribution is 6.74. The van der Waals surface area contributed by atoms with Gasteiger partial charge in [0.1, 0.15) is 11.8 Å². The molecule has 6 heteroatoms. The molecular formula is C14H26BNO3Si. The summed E-state index contributed by atoms with van der Waals surface area (Å²) in [6.45, 7) is 11.1. The van der Waals surface area contributed by atoms with Gasteiger partial charge in [-0.25, -0.2) is 0 Å². The molecule has 4 nitrogen and oxygen atoms in total. The van der Waals surface area contributed by atoms with Crippen LogP contribution in [-0.4, -0.2) is 50.8 Å². The van der Waals surface area contributed by atoms with E-state index >= 15 is 0 Å². The van der Waals surface area contributed by atoms with Crippen LogP contribution in [0.5, 0.6) is 0 Å². The lowest BCUT2D eigenvalue weighted by Crippen LogP contribution is -2.48. The van der Waals surface area contributed by atoms with Gasteiger partial charge in [-0.05, 0) is 31.0 Å². The van der Waals surface area contributed by atoms with Crippen molar-refractivity contribution >= 4 is 28.3 Å². The predicted octanol–water partition coefficient (Wildman–Crippen LogP) is 1.94. The molecule has 20 heavy (non-hydrogen) atoms. The Morgan fingerprint density at radius 2 is 2.05 bits per heavy atom. The average Bonchev–Trinajstić information content (AvgIpc) is 2.79. The van der Waals surface area contributed by atoms with Gasteiger partial charge in [0.05, 0.1) is 12.1 Å². The number of fused-ring (bicyclic) bond motifs is 2. The maximum atomic E-state index is 11.9. The van der Waals surface area contributed by atoms with Crippen molar-refractivity contribution in [1.29, 1.82) is 0 Å². The van der Waals surface area contributed by atoms with E-state index in [1.807, 2.05) is 0 Å². The van der Waals surface area contributed by atoms with Gasteiger partial charge in [-0.3, -0.25) is 4.79 Å². The smallest absolute Gasteiger partial charge is 0.216 e. The molecule has 2 bridgehead atoms. The Balaban J connectivity index is 2.22. The summed E-state index contributed by atoms with van der Waals surface area (Å²) in [4.78, 5) is 25.3. The van der Waals surface area contributed by atoms with Crippen LogP contribution in [-0.2, 0) is 9.22 Å². The fraction of sp³-hybridized carbons (Fsp3) is 0.857. The Kier molecular flexibility index (Phi) is 3.70. The number of hydrogen-bond acceptors (Lipinski definition) is 3. The fourth-order valence-corrected chi connectivity index (χ4v) is 4.75. The van der Waals surface area contributed by atoms with Gasteiger partial charge in [0.2, 0.25) is 7.85 Å². The van der Waals surface area contributed by atoms with Gasteiger partial charge in [0, 0.05) is 6.42 Å². The van der Waals surface area contributed by atoms with Gasteiger partial charge in [0.25, 0.3) is 0 Å². The van der Waals surface area contributed by atoms with E-state index in [1.165, 1.54) is 0 Å². The third-order valence-electron chi connectivity index (χ3n) is 5.48. The van der Waals surface area contributed by atoms with Crippen LogP contribution in [0, 0.1) is 0 Å². The molecule has 0 aromatic rings. The number of hydrogen-bond donors (Lipinski definition) is 0. The summed E-state index contributed by atoms with van der Waals surface area (Å²) in [7, 11) is -0.311. The first-order valence-electron chi connectivity index (χ1n) is 7.48. The van der Waals surface area contributed by atoms with E-state index in [2.05, 4.69) is 33.9 Å². The Hall–Kier alpha value is -0.618. The van der Waals surface area contributed by atoms with Gasteiger partial charge in [0.15, 0.2) is 14.1 Å². The fourth-order valence-electron chi connectivity index (χ4n) is 3.40. The van der Waals surface area contributed by atoms with E-state index in [0.717, 1.165) is 19.1 Å². The van der Waals surface area contributed by atoms with Crippen LogP contribution in [0.3, 0.4) is 0 Å². The van der Waals surface area contributed by atoms with E-state index in [1.54, 1.807) is 12.7 Å². The maximum Gasteiger partial charge on any atom is 0.216 e. The SMILES string of the molecule is BC(=O)N1C2CCC1(C=O)CC2O[Si](C)(C)C(C)(C)C. The second-order valence-corrected chi connectivity index (χ2v) is 12.6. The van der Waals surface area contributed by atoms with Gasteiger partial charge in [-0.15, -0.1) is 0 Å². The van der Waals surface area contributed by atoms with Crippen molar-refractivity contribution in [3.63, 3.8) is 0 Å². The Morgan fingerprint density at radius 1 is 1.45 bits per heavy atom. The van der Waals surface area contributed by atoms with E-state index in [-0.39, 0.29) is 23.0 Å². The average molecular weight is 295 g/mol. The van der Waals surface area contributed by atoms with Gasteiger partial charge in [-0.1, -0.05) is 20.8 Å². The molecule has 112 valence electrons. The van der Waals surface area contributed by atoms with Crippen LogP contribution >= 0.6 is 0 Å². The normalized spacial score (nSPS) is 33.5. The lowest BCUT2D eigenvalue weighted by molar-refractivity contribution is -0.115. The van der Waals surface area contributed by atoms with Crippen molar-refractivity contribution in [2.24, 2.45) is 0 Å². The number of nitrogens with zero attached hydrogens (tertiary/aromatic N) is 1. The van der Waals surface area contributed by atoms with Crippen LogP contribution in [0.4, 0.5) is 4.79 Å². The highest BCUT2D eigenvalue weighted by atomic mass is 28.4. The standard InChI is InChI=1S/C14H26BNO3Si/c1-13(2,3)20(4,5)19-11-8-14(9-17)7-6-10(11)16(14)12(15)18/h9-11H,6-8,15H2,1-5H3. The van der Waals surface area contributed by atoms with E-state index in [9.17, 15) is 9.59 Å². The molecule has 2 saturated heterocycles. The Bertz CT molecular complexity index is 435. The Morgan fingerprint density at radius 3 is 2.45 bits per heavy atom. The zero-order valence-corrected chi connectivity index (χ0v) is 14.5. The minimum atomic E-state index is -1.87. The van der Waals surface area contributed by atoms with E-state index in [4.69, 9.17) is 4.43 Å². The molecule has 3 unspecified atom stereocenters. The number of rotatable bonds is 3. The molecular weight excluding hydrogens is 269 g/mol. The lowest BCUT2D eigenvalue weighted by atomic mass is 9.87. The van der Waals surface area contributed by atoms with Crippen molar-refractivity contribution in [2.45, 2.75) is 75.9 Å². The molecule has 0 aromatic heterocycles. The highest BCUT2D eigenvalue weighted by Crippen LogP contribution is 2.49. The van der Waals surface area contributed by atoms with Crippen LogP contribution in [0.25, 0.3) is 0 Å². The topological polar surface area (TPSA) is 46.6 Å². The molecule has 0 N–H and O–H groups in total. The molecule has 2 aliphatic rings. The third-order valence-corrected chi connectivity index (χ3v) is 9.98. The molecule has 0 aliphatic carbocycles. The summed E-state index contributed by atoms with van der Waals surface area (Å²) in [5, 5.41) is 0.143. The maximum absolute atomic E-state index is 11.9. The second kappa shape index (κ2) is 4.70. The first kappa shape index (κ1) is 15.8. The first-order chi connectivity index (χ1) is 9.04. The first-order valence-corrected chi connectivity index (χ1v) is 10.4. The summed E-state index contributed by atoms with van der Waals surface area (Å²) in [5.74, 6) is 0.000862. The van der Waals surface area contributed by atoms with Gasteiger partial charge < -0.3 is 14.1 Å². The monoisotopic (exact) mass is 295 g/mol. The van der Waals surface area contributed by atoms with Crippen molar-refractivity contribution in [1.82, 2.24) is 4.90 Å². The minimum absolute atomic E-state index is 0.000862. The molecule has 3 atom stereocenters. The van der Waals surface area contributed by atoms with Crippen LogP contribution in [0.1, 0.15) is 40.0 Å². The summed E-state index contributed by atoms with van der Waals surface area (Å²) in [6, 6.07) is 0.0897. The zero-order valence-electron chi connectivity index (χ0n) is 13.5. The number of amides is 1. The van der Waals surface area contributed by atoms with Crippen LogP contribution < -0.4 is 0 Å². The largest absolute Gasteiger partial charge is 0.412 e. The summed E-state index contributed by atoms with van der Waals surface area (Å²) in [5.41, 5.74) is -0.594. The summed E-state index contributed by atoms with van der Waals surface area (Å²) >= 11 is 0. The van der Waals surface area contributed by atoms with Crippen LogP contribution in [0.15, 0.2) is 0 Å². The molecule has 2 aliphatic heterocycles. The number of carbonyl (C=O) groups is 2. The highest BCUT2D eigenvalue weighted by Gasteiger charge is 2.59. The molecule has 2 rings (SSSR count). The second-order valence-electron chi connectivity index (χ2n) is 7.84. The summed E-state index contributed by atoms with van der Waals surface area (Å²) in [6.07, 6.45) is 3.35. The van der Waals surface area contributed by atoms with E-state index in [0.29, 0.717) is 6.42 Å². The molecule has 0 saturated carbocycles. The Labute approximate surface area is 123 Å². The van der Waals surface area contributed by atoms with E-state index < -0.39 is 13.9 Å².